The Labute approximate surface area is 106 Å². The van der Waals surface area contributed by atoms with Crippen molar-refractivity contribution in [2.45, 2.75) is 17.9 Å². The smallest absolute Gasteiger partial charge is 0.0657 e. The number of thioether (sulfide) groups is 1. The Bertz CT molecular complexity index is 471. The predicted octanol–water partition coefficient (Wildman–Crippen LogP) is 3.98. The molecule has 2 aromatic rings. The van der Waals surface area contributed by atoms with Crippen LogP contribution in [0, 0.1) is 0 Å². The maximum absolute atomic E-state index is 4.35. The quantitative estimate of drug-likeness (QED) is 0.824. The number of aromatic nitrogens is 1. The van der Waals surface area contributed by atoms with Gasteiger partial charge in [-0.2, -0.15) is 0 Å². The standard InChI is InChI=1S/C14H16N2S/c1-11(14-8-3-4-9-15-14)16-12-6-5-7-13(10-12)17-2/h3-11,16H,1-2H3. The molecule has 0 saturated carbocycles. The molecule has 1 unspecified atom stereocenters. The van der Waals surface area contributed by atoms with Gasteiger partial charge in [-0.25, -0.2) is 0 Å². The van der Waals surface area contributed by atoms with Crippen molar-refractivity contribution >= 4 is 17.4 Å². The molecule has 0 amide bonds. The van der Waals surface area contributed by atoms with E-state index in [4.69, 9.17) is 0 Å². The van der Waals surface area contributed by atoms with E-state index in [1.54, 1.807) is 11.8 Å². The summed E-state index contributed by atoms with van der Waals surface area (Å²) in [5.41, 5.74) is 2.19. The molecule has 88 valence electrons. The van der Waals surface area contributed by atoms with Crippen LogP contribution in [0.15, 0.2) is 53.6 Å². The van der Waals surface area contributed by atoms with E-state index < -0.39 is 0 Å². The second-order valence-electron chi connectivity index (χ2n) is 3.85. The maximum atomic E-state index is 4.35. The topological polar surface area (TPSA) is 24.9 Å². The van der Waals surface area contributed by atoms with Crippen LogP contribution in [-0.4, -0.2) is 11.2 Å². The summed E-state index contributed by atoms with van der Waals surface area (Å²) in [4.78, 5) is 5.62. The number of nitrogens with one attached hydrogen (secondary N) is 1. The molecule has 1 N–H and O–H groups in total. The monoisotopic (exact) mass is 244 g/mol. The van der Waals surface area contributed by atoms with E-state index in [-0.39, 0.29) is 6.04 Å². The first-order valence-electron chi connectivity index (χ1n) is 5.61. The minimum Gasteiger partial charge on any atom is -0.377 e. The molecule has 2 nitrogen and oxygen atoms in total. The number of rotatable bonds is 4. The summed E-state index contributed by atoms with van der Waals surface area (Å²) >= 11 is 1.75. The highest BCUT2D eigenvalue weighted by atomic mass is 32.2. The molecule has 0 radical (unpaired) electrons. The van der Waals surface area contributed by atoms with Crippen molar-refractivity contribution in [2.75, 3.05) is 11.6 Å². The summed E-state index contributed by atoms with van der Waals surface area (Å²) in [5, 5.41) is 3.46. The average Bonchev–Trinajstić information content (AvgIpc) is 2.40. The molecule has 17 heavy (non-hydrogen) atoms. The molecule has 0 fully saturated rings. The lowest BCUT2D eigenvalue weighted by Gasteiger charge is -2.15. The van der Waals surface area contributed by atoms with Gasteiger partial charge in [0.2, 0.25) is 0 Å². The molecule has 1 heterocycles. The zero-order chi connectivity index (χ0) is 12.1. The van der Waals surface area contributed by atoms with Gasteiger partial charge in [-0.05, 0) is 43.5 Å². The lowest BCUT2D eigenvalue weighted by Crippen LogP contribution is -2.07. The fraction of sp³-hybridized carbons (Fsp3) is 0.214. The molecule has 0 aliphatic heterocycles. The van der Waals surface area contributed by atoms with Crippen molar-refractivity contribution in [1.29, 1.82) is 0 Å². The number of hydrogen-bond acceptors (Lipinski definition) is 3. The van der Waals surface area contributed by atoms with Crippen LogP contribution in [0.1, 0.15) is 18.7 Å². The molecule has 0 aliphatic rings. The van der Waals surface area contributed by atoms with E-state index in [1.165, 1.54) is 4.90 Å². The highest BCUT2D eigenvalue weighted by Gasteiger charge is 2.05. The molecular weight excluding hydrogens is 228 g/mol. The van der Waals surface area contributed by atoms with Crippen LogP contribution in [-0.2, 0) is 0 Å². The highest BCUT2D eigenvalue weighted by Crippen LogP contribution is 2.22. The lowest BCUT2D eigenvalue weighted by atomic mass is 10.2. The van der Waals surface area contributed by atoms with E-state index in [0.29, 0.717) is 0 Å². The van der Waals surface area contributed by atoms with Gasteiger partial charge in [-0.1, -0.05) is 12.1 Å². The van der Waals surface area contributed by atoms with Crippen LogP contribution in [0.5, 0.6) is 0 Å². The first-order chi connectivity index (χ1) is 8.29. The van der Waals surface area contributed by atoms with Crippen molar-refractivity contribution in [1.82, 2.24) is 4.98 Å². The Morgan fingerprint density at radius 2 is 2.06 bits per heavy atom. The molecular formula is C14H16N2S. The molecule has 0 bridgehead atoms. The third-order valence-corrected chi connectivity index (χ3v) is 3.31. The van der Waals surface area contributed by atoms with Crippen LogP contribution >= 0.6 is 11.8 Å². The summed E-state index contributed by atoms with van der Waals surface area (Å²) in [6.45, 7) is 2.12. The van der Waals surface area contributed by atoms with E-state index >= 15 is 0 Å². The van der Waals surface area contributed by atoms with E-state index in [1.807, 2.05) is 24.4 Å². The van der Waals surface area contributed by atoms with Gasteiger partial charge in [0.25, 0.3) is 0 Å². The van der Waals surface area contributed by atoms with Gasteiger partial charge in [0.15, 0.2) is 0 Å². The molecule has 1 aromatic carbocycles. The number of anilines is 1. The molecule has 1 atom stereocenters. The zero-order valence-corrected chi connectivity index (χ0v) is 10.9. The second kappa shape index (κ2) is 5.73. The van der Waals surface area contributed by atoms with Crippen LogP contribution in [0.2, 0.25) is 0 Å². The van der Waals surface area contributed by atoms with Crippen LogP contribution in [0.4, 0.5) is 5.69 Å². The third kappa shape index (κ3) is 3.24. The third-order valence-electron chi connectivity index (χ3n) is 2.58. The Hall–Kier alpha value is -1.48. The molecule has 1 aromatic heterocycles. The molecule has 2 rings (SSSR count). The van der Waals surface area contributed by atoms with Gasteiger partial charge < -0.3 is 5.32 Å². The van der Waals surface area contributed by atoms with Crippen LogP contribution < -0.4 is 5.32 Å². The summed E-state index contributed by atoms with van der Waals surface area (Å²) in [6, 6.07) is 14.6. The van der Waals surface area contributed by atoms with Crippen molar-refractivity contribution in [2.24, 2.45) is 0 Å². The maximum Gasteiger partial charge on any atom is 0.0657 e. The van der Waals surface area contributed by atoms with Crippen molar-refractivity contribution in [3.05, 3.63) is 54.4 Å². The summed E-state index contributed by atoms with van der Waals surface area (Å²) in [5.74, 6) is 0. The molecule has 3 heteroatoms. The van der Waals surface area contributed by atoms with Gasteiger partial charge in [-0.15, -0.1) is 11.8 Å². The summed E-state index contributed by atoms with van der Waals surface area (Å²) in [7, 11) is 0. The van der Waals surface area contributed by atoms with Gasteiger partial charge in [0.1, 0.15) is 0 Å². The second-order valence-corrected chi connectivity index (χ2v) is 4.73. The fourth-order valence-corrected chi connectivity index (χ4v) is 2.13. The average molecular weight is 244 g/mol. The van der Waals surface area contributed by atoms with Gasteiger partial charge in [0.05, 0.1) is 11.7 Å². The normalized spacial score (nSPS) is 12.1. The Morgan fingerprint density at radius 1 is 1.18 bits per heavy atom. The van der Waals surface area contributed by atoms with Gasteiger partial charge in [0, 0.05) is 16.8 Å². The van der Waals surface area contributed by atoms with Crippen LogP contribution in [0.3, 0.4) is 0 Å². The summed E-state index contributed by atoms with van der Waals surface area (Å²) < 4.78 is 0. The first-order valence-corrected chi connectivity index (χ1v) is 6.83. The van der Waals surface area contributed by atoms with E-state index in [9.17, 15) is 0 Å². The van der Waals surface area contributed by atoms with E-state index in [2.05, 4.69) is 47.7 Å². The zero-order valence-electron chi connectivity index (χ0n) is 10.1. The largest absolute Gasteiger partial charge is 0.377 e. The highest BCUT2D eigenvalue weighted by molar-refractivity contribution is 7.98. The van der Waals surface area contributed by atoms with E-state index in [0.717, 1.165) is 11.4 Å². The fourth-order valence-electron chi connectivity index (χ4n) is 1.67. The number of benzene rings is 1. The van der Waals surface area contributed by atoms with Gasteiger partial charge >= 0.3 is 0 Å². The van der Waals surface area contributed by atoms with Gasteiger partial charge in [-0.3, -0.25) is 4.98 Å². The molecule has 0 saturated heterocycles. The molecule has 0 aliphatic carbocycles. The number of hydrogen-bond donors (Lipinski definition) is 1. The Kier molecular flexibility index (Phi) is 4.04. The Morgan fingerprint density at radius 3 is 2.76 bits per heavy atom. The van der Waals surface area contributed by atoms with Crippen molar-refractivity contribution in [3.63, 3.8) is 0 Å². The minimum absolute atomic E-state index is 0.216. The van der Waals surface area contributed by atoms with Crippen LogP contribution in [0.25, 0.3) is 0 Å². The summed E-state index contributed by atoms with van der Waals surface area (Å²) in [6.07, 6.45) is 3.91. The number of nitrogens with zero attached hydrogens (tertiary/aromatic N) is 1. The van der Waals surface area contributed by atoms with Crippen molar-refractivity contribution in [3.8, 4) is 0 Å². The predicted molar refractivity (Wildman–Crippen MR) is 74.5 cm³/mol. The SMILES string of the molecule is CSc1cccc(NC(C)c2ccccn2)c1. The first kappa shape index (κ1) is 12.0. The Balaban J connectivity index is 2.10. The lowest BCUT2D eigenvalue weighted by molar-refractivity contribution is 0.839. The minimum atomic E-state index is 0.216. The number of pyridine rings is 1. The van der Waals surface area contributed by atoms with Crippen molar-refractivity contribution < 1.29 is 0 Å². The molecule has 0 spiro atoms.